The Morgan fingerprint density at radius 1 is 1.45 bits per heavy atom. The van der Waals surface area contributed by atoms with Gasteiger partial charge in [-0.15, -0.1) is 0 Å². The third-order valence-corrected chi connectivity index (χ3v) is 5.37. The second kappa shape index (κ2) is 5.83. The zero-order valence-electron chi connectivity index (χ0n) is 12.4. The van der Waals surface area contributed by atoms with Crippen molar-refractivity contribution in [1.29, 1.82) is 0 Å². The van der Waals surface area contributed by atoms with Gasteiger partial charge >= 0.3 is 0 Å². The number of H-pyrrole nitrogens is 1. The van der Waals surface area contributed by atoms with Gasteiger partial charge in [0.1, 0.15) is 0 Å². The first-order valence-corrected chi connectivity index (χ1v) is 8.62. The van der Waals surface area contributed by atoms with Gasteiger partial charge < -0.3 is 5.32 Å². The molecule has 0 radical (unpaired) electrons. The SMILES string of the molecule is CCCNCc1cn[nH]c1S(=O)(=O)NC(C)(C)C1CC1. The number of nitrogens with one attached hydrogen (secondary N) is 3. The van der Waals surface area contributed by atoms with E-state index in [-0.39, 0.29) is 5.03 Å². The number of aromatic nitrogens is 2. The Labute approximate surface area is 120 Å². The van der Waals surface area contributed by atoms with Gasteiger partial charge in [-0.1, -0.05) is 6.92 Å². The van der Waals surface area contributed by atoms with Gasteiger partial charge in [-0.25, -0.2) is 13.1 Å². The van der Waals surface area contributed by atoms with Crippen molar-refractivity contribution in [2.75, 3.05) is 6.54 Å². The average Bonchev–Trinajstić information content (AvgIpc) is 3.09. The Morgan fingerprint density at radius 3 is 2.75 bits per heavy atom. The van der Waals surface area contributed by atoms with E-state index in [9.17, 15) is 8.42 Å². The highest BCUT2D eigenvalue weighted by atomic mass is 32.2. The number of hydrogen-bond donors (Lipinski definition) is 3. The minimum atomic E-state index is -3.56. The summed E-state index contributed by atoms with van der Waals surface area (Å²) in [7, 11) is -3.56. The van der Waals surface area contributed by atoms with Crippen molar-refractivity contribution in [2.45, 2.75) is 57.1 Å². The molecule has 0 spiro atoms. The number of hydrogen-bond acceptors (Lipinski definition) is 4. The molecule has 1 saturated carbocycles. The van der Waals surface area contributed by atoms with Crippen LogP contribution in [0.1, 0.15) is 45.6 Å². The maximum atomic E-state index is 12.5. The predicted molar refractivity (Wildman–Crippen MR) is 77.7 cm³/mol. The zero-order valence-corrected chi connectivity index (χ0v) is 13.2. The lowest BCUT2D eigenvalue weighted by molar-refractivity contribution is 0.399. The van der Waals surface area contributed by atoms with Gasteiger partial charge in [0, 0.05) is 17.6 Å². The summed E-state index contributed by atoms with van der Waals surface area (Å²) in [4.78, 5) is 0. The van der Waals surface area contributed by atoms with E-state index in [0.717, 1.165) is 25.8 Å². The molecule has 20 heavy (non-hydrogen) atoms. The molecule has 1 fully saturated rings. The van der Waals surface area contributed by atoms with Crippen LogP contribution in [0, 0.1) is 5.92 Å². The summed E-state index contributed by atoms with van der Waals surface area (Å²) < 4.78 is 27.8. The van der Waals surface area contributed by atoms with Crippen LogP contribution in [0.15, 0.2) is 11.2 Å². The quantitative estimate of drug-likeness (QED) is 0.633. The number of nitrogens with zero attached hydrogens (tertiary/aromatic N) is 1. The van der Waals surface area contributed by atoms with Crippen LogP contribution in [-0.4, -0.2) is 30.7 Å². The minimum absolute atomic E-state index is 0.176. The normalized spacial score (nSPS) is 16.6. The molecule has 0 unspecified atom stereocenters. The Balaban J connectivity index is 2.11. The Morgan fingerprint density at radius 2 is 2.15 bits per heavy atom. The molecule has 1 heterocycles. The van der Waals surface area contributed by atoms with Crippen molar-refractivity contribution in [1.82, 2.24) is 20.2 Å². The summed E-state index contributed by atoms with van der Waals surface area (Å²) in [6, 6.07) is 0. The number of sulfonamides is 1. The van der Waals surface area contributed by atoms with Gasteiger partial charge in [0.05, 0.1) is 6.20 Å². The fourth-order valence-corrected chi connectivity index (χ4v) is 3.95. The summed E-state index contributed by atoms with van der Waals surface area (Å²) in [5.41, 5.74) is 0.274. The summed E-state index contributed by atoms with van der Waals surface area (Å²) in [6.45, 7) is 7.30. The lowest BCUT2D eigenvalue weighted by atomic mass is 10.0. The predicted octanol–water partition coefficient (Wildman–Crippen LogP) is 1.38. The fourth-order valence-electron chi connectivity index (χ4n) is 2.34. The van der Waals surface area contributed by atoms with Gasteiger partial charge in [0.2, 0.25) is 0 Å². The molecule has 1 aliphatic carbocycles. The van der Waals surface area contributed by atoms with Crippen LogP contribution in [0.4, 0.5) is 0 Å². The third-order valence-electron chi connectivity index (χ3n) is 3.68. The van der Waals surface area contributed by atoms with Crippen LogP contribution < -0.4 is 10.0 Å². The van der Waals surface area contributed by atoms with Crippen LogP contribution >= 0.6 is 0 Å². The second-order valence-corrected chi connectivity index (χ2v) is 7.62. The van der Waals surface area contributed by atoms with Gasteiger partial charge in [-0.3, -0.25) is 5.10 Å². The van der Waals surface area contributed by atoms with Crippen molar-refractivity contribution >= 4 is 10.0 Å². The van der Waals surface area contributed by atoms with E-state index < -0.39 is 15.6 Å². The highest BCUT2D eigenvalue weighted by Gasteiger charge is 2.41. The summed E-state index contributed by atoms with van der Waals surface area (Å²) >= 11 is 0. The van der Waals surface area contributed by atoms with Crippen LogP contribution in [0.5, 0.6) is 0 Å². The van der Waals surface area contributed by atoms with Crippen LogP contribution in [0.25, 0.3) is 0 Å². The van der Waals surface area contributed by atoms with E-state index in [4.69, 9.17) is 0 Å². The van der Waals surface area contributed by atoms with Crippen molar-refractivity contribution in [3.63, 3.8) is 0 Å². The monoisotopic (exact) mass is 300 g/mol. The van der Waals surface area contributed by atoms with E-state index in [1.165, 1.54) is 0 Å². The molecule has 2 rings (SSSR count). The maximum Gasteiger partial charge on any atom is 0.258 e. The van der Waals surface area contributed by atoms with Gasteiger partial charge in [0.25, 0.3) is 10.0 Å². The Kier molecular flexibility index (Phi) is 4.51. The molecule has 0 aliphatic heterocycles. The minimum Gasteiger partial charge on any atom is -0.313 e. The van der Waals surface area contributed by atoms with E-state index in [0.29, 0.717) is 18.0 Å². The fraction of sp³-hybridized carbons (Fsp3) is 0.769. The highest BCUT2D eigenvalue weighted by Crippen LogP contribution is 2.39. The first-order valence-electron chi connectivity index (χ1n) is 7.14. The molecule has 6 nitrogen and oxygen atoms in total. The Hall–Kier alpha value is -0.920. The molecule has 0 amide bonds. The molecule has 0 saturated heterocycles. The molecule has 0 aromatic carbocycles. The molecule has 3 N–H and O–H groups in total. The summed E-state index contributed by atoms with van der Waals surface area (Å²) in [5, 5.41) is 9.86. The number of rotatable bonds is 8. The van der Waals surface area contributed by atoms with E-state index in [1.807, 2.05) is 13.8 Å². The molecular weight excluding hydrogens is 276 g/mol. The summed E-state index contributed by atoms with van der Waals surface area (Å²) in [6.07, 6.45) is 4.75. The molecule has 1 aromatic rings. The van der Waals surface area contributed by atoms with Crippen LogP contribution in [0.2, 0.25) is 0 Å². The second-order valence-electron chi connectivity index (χ2n) is 6.00. The van der Waals surface area contributed by atoms with Crippen LogP contribution in [0.3, 0.4) is 0 Å². The first-order chi connectivity index (χ1) is 9.37. The molecular formula is C13H24N4O2S. The summed E-state index contributed by atoms with van der Waals surface area (Å²) in [5.74, 6) is 0.432. The number of aromatic amines is 1. The molecule has 1 aliphatic rings. The molecule has 7 heteroatoms. The molecule has 0 atom stereocenters. The standard InChI is InChI=1S/C13H24N4O2S/c1-4-7-14-8-10-9-15-16-12(10)20(18,19)17-13(2,3)11-5-6-11/h9,11,14,17H,4-8H2,1-3H3,(H,15,16). The largest absolute Gasteiger partial charge is 0.313 e. The molecule has 1 aromatic heterocycles. The van der Waals surface area contributed by atoms with E-state index in [1.54, 1.807) is 6.20 Å². The molecule has 114 valence electrons. The van der Waals surface area contributed by atoms with E-state index in [2.05, 4.69) is 27.2 Å². The topological polar surface area (TPSA) is 86.9 Å². The zero-order chi connectivity index (χ0) is 14.8. The van der Waals surface area contributed by atoms with E-state index >= 15 is 0 Å². The third kappa shape index (κ3) is 3.59. The maximum absolute atomic E-state index is 12.5. The smallest absolute Gasteiger partial charge is 0.258 e. The van der Waals surface area contributed by atoms with Gasteiger partial charge in [-0.05, 0) is 45.6 Å². The van der Waals surface area contributed by atoms with Crippen molar-refractivity contribution in [3.8, 4) is 0 Å². The van der Waals surface area contributed by atoms with Crippen LogP contribution in [-0.2, 0) is 16.6 Å². The van der Waals surface area contributed by atoms with Gasteiger partial charge in [0.15, 0.2) is 5.03 Å². The lowest BCUT2D eigenvalue weighted by Crippen LogP contribution is -2.45. The van der Waals surface area contributed by atoms with Crippen molar-refractivity contribution in [2.24, 2.45) is 5.92 Å². The lowest BCUT2D eigenvalue weighted by Gasteiger charge is -2.25. The van der Waals surface area contributed by atoms with Crippen molar-refractivity contribution in [3.05, 3.63) is 11.8 Å². The highest BCUT2D eigenvalue weighted by molar-refractivity contribution is 7.89. The Bertz CT molecular complexity index is 546. The molecule has 0 bridgehead atoms. The van der Waals surface area contributed by atoms with Crippen molar-refractivity contribution < 1.29 is 8.42 Å². The van der Waals surface area contributed by atoms with Gasteiger partial charge in [-0.2, -0.15) is 5.10 Å². The first kappa shape index (κ1) is 15.5. The average molecular weight is 300 g/mol.